The first kappa shape index (κ1) is 27.9. The number of rotatable bonds is 20. The molecule has 0 aliphatic heterocycles. The van der Waals surface area contributed by atoms with Crippen molar-refractivity contribution in [3.05, 3.63) is 0 Å². The molecular weight excluding hydrogens is 344 g/mol. The second kappa shape index (κ2) is 16.7. The van der Waals surface area contributed by atoms with Crippen LogP contribution in [0.15, 0.2) is 0 Å². The largest absolute Gasteiger partial charge is 0.365 e. The van der Waals surface area contributed by atoms with Gasteiger partial charge in [0.2, 0.25) is 0 Å². The Hall–Kier alpha value is -0.0800. The van der Waals surface area contributed by atoms with Gasteiger partial charge in [0.05, 0.1) is 0 Å². The molecular formula is C26H54O2. The van der Waals surface area contributed by atoms with Gasteiger partial charge in [0, 0.05) is 11.8 Å². The summed E-state index contributed by atoms with van der Waals surface area (Å²) >= 11 is 0. The molecule has 1 unspecified atom stereocenters. The average molecular weight is 399 g/mol. The van der Waals surface area contributed by atoms with Gasteiger partial charge in [-0.1, -0.05) is 112 Å². The van der Waals surface area contributed by atoms with Gasteiger partial charge in [-0.15, -0.1) is 0 Å². The first-order valence-corrected chi connectivity index (χ1v) is 12.9. The van der Waals surface area contributed by atoms with Crippen LogP contribution in [-0.4, -0.2) is 16.0 Å². The summed E-state index contributed by atoms with van der Waals surface area (Å²) in [6.07, 6.45) is 20.1. The summed E-state index contributed by atoms with van der Waals surface area (Å²) in [4.78, 5) is 0. The lowest BCUT2D eigenvalue weighted by molar-refractivity contribution is -0.272. The van der Waals surface area contributed by atoms with Crippen LogP contribution in [0.2, 0.25) is 0 Å². The molecule has 0 fully saturated rings. The van der Waals surface area contributed by atoms with Crippen molar-refractivity contribution in [3.8, 4) is 0 Å². The highest BCUT2D eigenvalue weighted by atomic mass is 16.5. The molecule has 28 heavy (non-hydrogen) atoms. The third-order valence-corrected chi connectivity index (χ3v) is 6.97. The lowest BCUT2D eigenvalue weighted by Crippen LogP contribution is -2.53. The molecule has 0 radical (unpaired) electrons. The first-order valence-electron chi connectivity index (χ1n) is 12.9. The fraction of sp³-hybridized carbons (Fsp3) is 1.00. The molecule has 0 bridgehead atoms. The zero-order valence-electron chi connectivity index (χ0n) is 20.2. The highest BCUT2D eigenvalue weighted by Gasteiger charge is 2.51. The zero-order chi connectivity index (χ0) is 21.3. The zero-order valence-corrected chi connectivity index (χ0v) is 20.2. The Morgan fingerprint density at radius 1 is 0.500 bits per heavy atom. The summed E-state index contributed by atoms with van der Waals surface area (Å²) in [6, 6.07) is 0. The van der Waals surface area contributed by atoms with Crippen molar-refractivity contribution in [2.45, 2.75) is 156 Å². The Bertz CT molecular complexity index is 329. The fourth-order valence-electron chi connectivity index (χ4n) is 5.06. The molecule has 0 spiro atoms. The Labute approximate surface area is 177 Å². The maximum absolute atomic E-state index is 11.5. The van der Waals surface area contributed by atoms with Crippen molar-refractivity contribution >= 4 is 0 Å². The van der Waals surface area contributed by atoms with Crippen molar-refractivity contribution in [3.63, 3.8) is 0 Å². The van der Waals surface area contributed by atoms with Crippen LogP contribution in [0.5, 0.6) is 0 Å². The predicted octanol–water partition coefficient (Wildman–Crippen LogP) is 8.39. The van der Waals surface area contributed by atoms with E-state index < -0.39 is 5.79 Å². The topological polar surface area (TPSA) is 40.5 Å². The highest BCUT2D eigenvalue weighted by molar-refractivity contribution is 4.96. The lowest BCUT2D eigenvalue weighted by atomic mass is 9.59. The Kier molecular flexibility index (Phi) is 16.6. The standard InChI is InChI=1S/C26H54O2/c1-6-11-16-17-18-20-24(19-12-7-2)25(21-13-8-3,22-14-9-4)26(27,28)23-15-10-5/h24,27-28H,6-23H2,1-5H3. The van der Waals surface area contributed by atoms with E-state index in [1.54, 1.807) is 0 Å². The first-order chi connectivity index (χ1) is 13.5. The average Bonchev–Trinajstić information content (AvgIpc) is 2.69. The smallest absolute Gasteiger partial charge is 0.168 e. The second-order valence-electron chi connectivity index (χ2n) is 9.33. The Morgan fingerprint density at radius 3 is 1.43 bits per heavy atom. The van der Waals surface area contributed by atoms with Crippen LogP contribution < -0.4 is 0 Å². The summed E-state index contributed by atoms with van der Waals surface area (Å²) in [6.45, 7) is 11.2. The molecule has 0 amide bonds. The van der Waals surface area contributed by atoms with Crippen LogP contribution in [-0.2, 0) is 0 Å². The van der Waals surface area contributed by atoms with E-state index in [9.17, 15) is 10.2 Å². The van der Waals surface area contributed by atoms with Gasteiger partial charge in [-0.2, -0.15) is 0 Å². The molecule has 0 aliphatic carbocycles. The molecule has 170 valence electrons. The number of hydrogen-bond acceptors (Lipinski definition) is 2. The summed E-state index contributed by atoms with van der Waals surface area (Å²) in [5.74, 6) is -1.08. The van der Waals surface area contributed by atoms with Gasteiger partial charge in [-0.3, -0.25) is 0 Å². The third kappa shape index (κ3) is 9.61. The number of aliphatic hydroxyl groups is 2. The molecule has 1 atom stereocenters. The van der Waals surface area contributed by atoms with E-state index in [2.05, 4.69) is 34.6 Å². The van der Waals surface area contributed by atoms with Crippen LogP contribution in [0, 0.1) is 11.3 Å². The summed E-state index contributed by atoms with van der Waals surface area (Å²) in [5, 5.41) is 23.0. The summed E-state index contributed by atoms with van der Waals surface area (Å²) in [7, 11) is 0. The van der Waals surface area contributed by atoms with Crippen molar-refractivity contribution in [2.24, 2.45) is 11.3 Å². The molecule has 0 saturated carbocycles. The van der Waals surface area contributed by atoms with Crippen LogP contribution >= 0.6 is 0 Å². The van der Waals surface area contributed by atoms with E-state index in [0.717, 1.165) is 57.8 Å². The van der Waals surface area contributed by atoms with Crippen molar-refractivity contribution in [2.75, 3.05) is 0 Å². The molecule has 0 saturated heterocycles. The Balaban J connectivity index is 5.64. The van der Waals surface area contributed by atoms with Crippen LogP contribution in [0.3, 0.4) is 0 Å². The normalized spacial score (nSPS) is 13.8. The monoisotopic (exact) mass is 398 g/mol. The molecule has 0 aliphatic rings. The van der Waals surface area contributed by atoms with Crippen LogP contribution in [0.25, 0.3) is 0 Å². The molecule has 0 aromatic rings. The van der Waals surface area contributed by atoms with E-state index in [1.807, 2.05) is 0 Å². The van der Waals surface area contributed by atoms with Gasteiger partial charge in [0.25, 0.3) is 0 Å². The van der Waals surface area contributed by atoms with E-state index in [1.165, 1.54) is 51.4 Å². The fourth-order valence-corrected chi connectivity index (χ4v) is 5.06. The molecule has 0 aromatic carbocycles. The van der Waals surface area contributed by atoms with Crippen LogP contribution in [0.1, 0.15) is 150 Å². The molecule has 2 heteroatoms. The molecule has 2 N–H and O–H groups in total. The van der Waals surface area contributed by atoms with E-state index in [0.29, 0.717) is 12.3 Å². The summed E-state index contributed by atoms with van der Waals surface area (Å²) < 4.78 is 0. The lowest BCUT2D eigenvalue weighted by Gasteiger charge is -2.50. The van der Waals surface area contributed by atoms with Gasteiger partial charge in [0.1, 0.15) is 0 Å². The van der Waals surface area contributed by atoms with E-state index in [4.69, 9.17) is 0 Å². The van der Waals surface area contributed by atoms with Crippen molar-refractivity contribution < 1.29 is 10.2 Å². The summed E-state index contributed by atoms with van der Waals surface area (Å²) in [5.41, 5.74) is -0.325. The quantitative estimate of drug-likeness (QED) is 0.160. The van der Waals surface area contributed by atoms with E-state index in [-0.39, 0.29) is 5.41 Å². The third-order valence-electron chi connectivity index (χ3n) is 6.97. The van der Waals surface area contributed by atoms with Gasteiger partial charge in [-0.25, -0.2) is 0 Å². The van der Waals surface area contributed by atoms with E-state index >= 15 is 0 Å². The molecule has 0 rings (SSSR count). The van der Waals surface area contributed by atoms with Crippen molar-refractivity contribution in [1.82, 2.24) is 0 Å². The SMILES string of the molecule is CCCCCCCC(CCCC)C(CCCC)(CCCC)C(O)(O)CCCC. The molecule has 2 nitrogen and oxygen atoms in total. The van der Waals surface area contributed by atoms with Gasteiger partial charge < -0.3 is 10.2 Å². The minimum absolute atomic E-state index is 0.325. The van der Waals surface area contributed by atoms with Gasteiger partial charge >= 0.3 is 0 Å². The maximum atomic E-state index is 11.5. The number of hydrogen-bond donors (Lipinski definition) is 2. The van der Waals surface area contributed by atoms with Crippen LogP contribution in [0.4, 0.5) is 0 Å². The van der Waals surface area contributed by atoms with Gasteiger partial charge in [0.15, 0.2) is 5.79 Å². The minimum Gasteiger partial charge on any atom is -0.365 e. The Morgan fingerprint density at radius 2 is 0.929 bits per heavy atom. The predicted molar refractivity (Wildman–Crippen MR) is 125 cm³/mol. The molecule has 0 aromatic heterocycles. The second-order valence-corrected chi connectivity index (χ2v) is 9.33. The maximum Gasteiger partial charge on any atom is 0.168 e. The van der Waals surface area contributed by atoms with Gasteiger partial charge in [-0.05, 0) is 38.0 Å². The highest BCUT2D eigenvalue weighted by Crippen LogP contribution is 2.52. The molecule has 0 heterocycles. The number of unbranched alkanes of at least 4 members (excludes halogenated alkanes) is 8. The minimum atomic E-state index is -1.52. The van der Waals surface area contributed by atoms with Crippen molar-refractivity contribution in [1.29, 1.82) is 0 Å².